The van der Waals surface area contributed by atoms with Crippen molar-refractivity contribution in [3.8, 4) is 11.3 Å². The number of aromatic nitrogens is 3. The van der Waals surface area contributed by atoms with Gasteiger partial charge in [0.15, 0.2) is 11.6 Å². The van der Waals surface area contributed by atoms with Crippen LogP contribution in [0.15, 0.2) is 47.5 Å². The Balaban J connectivity index is 1.46. The van der Waals surface area contributed by atoms with Crippen molar-refractivity contribution < 1.29 is 8.78 Å². The molecule has 0 spiro atoms. The number of fused-ring (bicyclic) bond motifs is 4. The molecule has 0 radical (unpaired) electrons. The van der Waals surface area contributed by atoms with Crippen LogP contribution < -0.4 is 11.3 Å². The lowest BCUT2D eigenvalue weighted by molar-refractivity contribution is 0.113. The lowest BCUT2D eigenvalue weighted by atomic mass is 9.82. The highest BCUT2D eigenvalue weighted by molar-refractivity contribution is 5.61. The number of nitrogen functional groups attached to an aromatic ring is 1. The van der Waals surface area contributed by atoms with Gasteiger partial charge >= 0.3 is 0 Å². The van der Waals surface area contributed by atoms with Gasteiger partial charge in [-0.05, 0) is 24.5 Å². The molecular formula is C22H21F2N5O. The SMILES string of the molecule is Nc1cc(-c2cc3n(c(=O)c2)C[C@H]2C[C@@H]3CN(Cc3cccc(F)c3F)C2)ncn1. The van der Waals surface area contributed by atoms with Gasteiger partial charge in [0.2, 0.25) is 0 Å². The van der Waals surface area contributed by atoms with Crippen LogP contribution in [0.4, 0.5) is 14.6 Å². The number of benzene rings is 1. The highest BCUT2D eigenvalue weighted by Crippen LogP contribution is 2.37. The van der Waals surface area contributed by atoms with Crippen molar-refractivity contribution in [3.63, 3.8) is 0 Å². The van der Waals surface area contributed by atoms with E-state index in [2.05, 4.69) is 14.9 Å². The Labute approximate surface area is 172 Å². The van der Waals surface area contributed by atoms with E-state index in [4.69, 9.17) is 5.73 Å². The molecule has 30 heavy (non-hydrogen) atoms. The molecule has 2 aliphatic heterocycles. The predicted molar refractivity (Wildman–Crippen MR) is 109 cm³/mol. The Morgan fingerprint density at radius 2 is 1.97 bits per heavy atom. The van der Waals surface area contributed by atoms with Gasteiger partial charge in [-0.3, -0.25) is 9.69 Å². The lowest BCUT2D eigenvalue weighted by Crippen LogP contribution is -2.46. The molecule has 0 saturated carbocycles. The fourth-order valence-electron chi connectivity index (χ4n) is 4.78. The van der Waals surface area contributed by atoms with Crippen molar-refractivity contribution >= 4 is 5.82 Å². The van der Waals surface area contributed by atoms with Crippen LogP contribution in [0.5, 0.6) is 0 Å². The van der Waals surface area contributed by atoms with E-state index >= 15 is 0 Å². The fraction of sp³-hybridized carbons (Fsp3) is 0.318. The molecule has 0 aliphatic carbocycles. The zero-order chi connectivity index (χ0) is 20.8. The number of nitrogens with zero attached hydrogens (tertiary/aromatic N) is 4. The van der Waals surface area contributed by atoms with Crippen molar-refractivity contribution in [2.45, 2.75) is 25.4 Å². The van der Waals surface area contributed by atoms with E-state index in [1.807, 2.05) is 10.6 Å². The molecule has 0 amide bonds. The maximum Gasteiger partial charge on any atom is 0.251 e. The first-order valence-corrected chi connectivity index (χ1v) is 9.96. The van der Waals surface area contributed by atoms with Crippen molar-refractivity contribution in [3.05, 3.63) is 76.0 Å². The Bertz CT molecular complexity index is 1180. The van der Waals surface area contributed by atoms with Crippen molar-refractivity contribution in [1.29, 1.82) is 0 Å². The molecule has 2 aromatic heterocycles. The van der Waals surface area contributed by atoms with E-state index in [-0.39, 0.29) is 11.5 Å². The number of likely N-dealkylation sites (tertiary alicyclic amines) is 1. The highest BCUT2D eigenvalue weighted by atomic mass is 19.2. The number of halogens is 2. The smallest absolute Gasteiger partial charge is 0.251 e. The number of piperidine rings is 1. The minimum Gasteiger partial charge on any atom is -0.384 e. The minimum absolute atomic E-state index is 0.0565. The number of anilines is 1. The Morgan fingerprint density at radius 3 is 2.80 bits per heavy atom. The number of pyridine rings is 1. The second-order valence-corrected chi connectivity index (χ2v) is 8.15. The topological polar surface area (TPSA) is 77.0 Å². The van der Waals surface area contributed by atoms with Crippen LogP contribution in [0.3, 0.4) is 0 Å². The average molecular weight is 409 g/mol. The first-order valence-electron chi connectivity index (χ1n) is 9.96. The number of hydrogen-bond acceptors (Lipinski definition) is 5. The van der Waals surface area contributed by atoms with Crippen LogP contribution in [-0.4, -0.2) is 32.5 Å². The Kier molecular flexibility index (Phi) is 4.58. The average Bonchev–Trinajstić information content (AvgIpc) is 2.72. The quantitative estimate of drug-likeness (QED) is 0.720. The third-order valence-corrected chi connectivity index (χ3v) is 6.04. The molecule has 2 bridgehead atoms. The molecular weight excluding hydrogens is 388 g/mol. The second kappa shape index (κ2) is 7.28. The summed E-state index contributed by atoms with van der Waals surface area (Å²) in [7, 11) is 0. The third-order valence-electron chi connectivity index (χ3n) is 6.04. The first kappa shape index (κ1) is 18.9. The maximum absolute atomic E-state index is 14.1. The minimum atomic E-state index is -0.824. The molecule has 1 fully saturated rings. The van der Waals surface area contributed by atoms with Crippen LogP contribution in [0, 0.1) is 17.6 Å². The third kappa shape index (κ3) is 3.37. The molecule has 0 unspecified atom stereocenters. The largest absolute Gasteiger partial charge is 0.384 e. The van der Waals surface area contributed by atoms with Gasteiger partial charge in [-0.2, -0.15) is 0 Å². The van der Waals surface area contributed by atoms with Gasteiger partial charge < -0.3 is 10.3 Å². The summed E-state index contributed by atoms with van der Waals surface area (Å²) in [4.78, 5) is 23.1. The maximum atomic E-state index is 14.1. The van der Waals surface area contributed by atoms with Gasteiger partial charge in [-0.25, -0.2) is 18.7 Å². The van der Waals surface area contributed by atoms with Crippen LogP contribution in [0.2, 0.25) is 0 Å². The lowest BCUT2D eigenvalue weighted by Gasteiger charge is -2.43. The molecule has 4 heterocycles. The summed E-state index contributed by atoms with van der Waals surface area (Å²) in [6, 6.07) is 9.53. The molecule has 8 heteroatoms. The summed E-state index contributed by atoms with van der Waals surface area (Å²) >= 11 is 0. The Morgan fingerprint density at radius 1 is 1.10 bits per heavy atom. The summed E-state index contributed by atoms with van der Waals surface area (Å²) in [5.41, 5.74) is 8.35. The van der Waals surface area contributed by atoms with E-state index in [0.29, 0.717) is 48.2 Å². The van der Waals surface area contributed by atoms with Gasteiger partial charge in [-0.1, -0.05) is 12.1 Å². The molecule has 6 nitrogen and oxygen atoms in total. The standard InChI is InChI=1S/C22H21F2N5O/c23-17-3-1-2-14(22(17)24)10-28-8-13-4-16(11-28)19-5-15(6-21(30)29(19)9-13)18-7-20(25)27-12-26-18/h1-3,5-7,12-13,16H,4,8-11H2,(H2,25,26,27)/t13-,16+/m0/s1. The van der Waals surface area contributed by atoms with Crippen LogP contribution in [0.25, 0.3) is 11.3 Å². The highest BCUT2D eigenvalue weighted by Gasteiger charge is 2.35. The van der Waals surface area contributed by atoms with Crippen LogP contribution >= 0.6 is 0 Å². The van der Waals surface area contributed by atoms with E-state index in [1.165, 1.54) is 12.4 Å². The normalized spacial score (nSPS) is 20.7. The van der Waals surface area contributed by atoms with E-state index in [9.17, 15) is 13.6 Å². The second-order valence-electron chi connectivity index (χ2n) is 8.15. The van der Waals surface area contributed by atoms with Crippen LogP contribution in [0.1, 0.15) is 23.6 Å². The van der Waals surface area contributed by atoms with Crippen molar-refractivity contribution in [2.75, 3.05) is 18.8 Å². The molecule has 2 atom stereocenters. The summed E-state index contributed by atoms with van der Waals surface area (Å²) in [5, 5.41) is 0. The number of nitrogens with two attached hydrogens (primary N) is 1. The molecule has 2 aliphatic rings. The summed E-state index contributed by atoms with van der Waals surface area (Å²) in [6.45, 7) is 2.41. The van der Waals surface area contributed by atoms with E-state index in [1.54, 1.807) is 18.2 Å². The zero-order valence-corrected chi connectivity index (χ0v) is 16.3. The van der Waals surface area contributed by atoms with E-state index in [0.717, 1.165) is 24.7 Å². The van der Waals surface area contributed by atoms with Crippen molar-refractivity contribution in [2.24, 2.45) is 5.92 Å². The van der Waals surface area contributed by atoms with Gasteiger partial charge in [-0.15, -0.1) is 0 Å². The zero-order valence-electron chi connectivity index (χ0n) is 16.3. The summed E-state index contributed by atoms with van der Waals surface area (Å²) < 4.78 is 29.6. The molecule has 3 aromatic rings. The van der Waals surface area contributed by atoms with Gasteiger partial charge in [0.25, 0.3) is 5.56 Å². The Hall–Kier alpha value is -3.13. The summed E-state index contributed by atoms with van der Waals surface area (Å²) in [5.74, 6) is -0.824. The number of rotatable bonds is 3. The summed E-state index contributed by atoms with van der Waals surface area (Å²) in [6.07, 6.45) is 2.35. The number of hydrogen-bond donors (Lipinski definition) is 1. The molecule has 154 valence electrons. The van der Waals surface area contributed by atoms with Gasteiger partial charge in [0, 0.05) is 61.1 Å². The van der Waals surface area contributed by atoms with Crippen molar-refractivity contribution in [1.82, 2.24) is 19.4 Å². The molecule has 2 N–H and O–H groups in total. The van der Waals surface area contributed by atoms with Gasteiger partial charge in [0.1, 0.15) is 12.1 Å². The molecule has 1 saturated heterocycles. The predicted octanol–water partition coefficient (Wildman–Crippen LogP) is 2.79. The monoisotopic (exact) mass is 409 g/mol. The van der Waals surface area contributed by atoms with E-state index < -0.39 is 11.6 Å². The first-order chi connectivity index (χ1) is 14.5. The fourth-order valence-corrected chi connectivity index (χ4v) is 4.78. The van der Waals surface area contributed by atoms with Gasteiger partial charge in [0.05, 0.1) is 5.69 Å². The molecule has 5 rings (SSSR count). The molecule has 1 aromatic carbocycles. The van der Waals surface area contributed by atoms with Crippen LogP contribution in [-0.2, 0) is 13.1 Å².